The summed E-state index contributed by atoms with van der Waals surface area (Å²) in [6, 6.07) is 20.6. The van der Waals surface area contributed by atoms with Gasteiger partial charge in [-0.15, -0.1) is 0 Å². The Bertz CT molecular complexity index is 1130. The summed E-state index contributed by atoms with van der Waals surface area (Å²) in [4.78, 5) is 27.5. The molecule has 2 N–H and O–H groups in total. The van der Waals surface area contributed by atoms with Gasteiger partial charge in [-0.1, -0.05) is 48.0 Å². The average molecular weight is 476 g/mol. The van der Waals surface area contributed by atoms with Gasteiger partial charge in [0, 0.05) is 24.2 Å². The van der Waals surface area contributed by atoms with Gasteiger partial charge in [0.05, 0.1) is 31.1 Å². The molecular weight excluding hydrogens is 442 g/mol. The van der Waals surface area contributed by atoms with E-state index < -0.39 is 0 Å². The number of benzene rings is 3. The van der Waals surface area contributed by atoms with Crippen LogP contribution in [0.3, 0.4) is 0 Å². The number of carbonyl (C=O) groups excluding carboxylic acids is 2. The van der Waals surface area contributed by atoms with Crippen LogP contribution >= 0.6 is 0 Å². The van der Waals surface area contributed by atoms with Crippen molar-refractivity contribution in [2.24, 2.45) is 0 Å². The number of hydrogen-bond acceptors (Lipinski definition) is 5. The average Bonchev–Trinajstić information content (AvgIpc) is 2.83. The number of rotatable bonds is 11. The van der Waals surface area contributed by atoms with Gasteiger partial charge in [-0.25, -0.2) is 0 Å². The molecule has 35 heavy (non-hydrogen) atoms. The lowest BCUT2D eigenvalue weighted by atomic mass is 10.1. The van der Waals surface area contributed by atoms with E-state index in [9.17, 15) is 9.59 Å². The van der Waals surface area contributed by atoms with Crippen LogP contribution in [0.2, 0.25) is 0 Å². The van der Waals surface area contributed by atoms with Crippen molar-refractivity contribution in [1.29, 1.82) is 0 Å². The summed E-state index contributed by atoms with van der Waals surface area (Å²) >= 11 is 0. The molecule has 0 bridgehead atoms. The second-order valence-electron chi connectivity index (χ2n) is 8.24. The lowest BCUT2D eigenvalue weighted by Crippen LogP contribution is -2.30. The van der Waals surface area contributed by atoms with Crippen molar-refractivity contribution in [3.8, 4) is 11.5 Å². The standard InChI is InChI=1S/C28H33N3O4/c1-5-34-25-17-24(30-28(33)22-10-8-7-9-11-22)26(35-6-2)16-23(25)29-27(32)19-31(4)18-21-14-12-20(3)13-15-21/h7-17H,5-6,18-19H2,1-4H3,(H,29,32)(H,30,33). The smallest absolute Gasteiger partial charge is 0.255 e. The molecule has 0 radical (unpaired) electrons. The summed E-state index contributed by atoms with van der Waals surface area (Å²) in [6.07, 6.45) is 0. The maximum atomic E-state index is 12.8. The van der Waals surface area contributed by atoms with Crippen molar-refractivity contribution in [2.75, 3.05) is 37.4 Å². The minimum atomic E-state index is -0.261. The van der Waals surface area contributed by atoms with E-state index >= 15 is 0 Å². The minimum Gasteiger partial charge on any atom is -0.492 e. The first kappa shape index (κ1) is 25.8. The monoisotopic (exact) mass is 475 g/mol. The van der Waals surface area contributed by atoms with E-state index in [1.807, 2.05) is 38.8 Å². The second kappa shape index (κ2) is 12.6. The predicted octanol–water partition coefficient (Wildman–Crippen LogP) is 5.12. The molecule has 0 spiro atoms. The predicted molar refractivity (Wildman–Crippen MR) is 139 cm³/mol. The highest BCUT2D eigenvalue weighted by atomic mass is 16.5. The molecule has 0 unspecified atom stereocenters. The van der Waals surface area contributed by atoms with Gasteiger partial charge >= 0.3 is 0 Å². The van der Waals surface area contributed by atoms with Crippen LogP contribution in [0.4, 0.5) is 11.4 Å². The SMILES string of the molecule is CCOc1cc(NC(=O)c2ccccc2)c(OCC)cc1NC(=O)CN(C)Cc1ccc(C)cc1. The molecule has 0 heterocycles. The van der Waals surface area contributed by atoms with E-state index in [0.29, 0.717) is 48.2 Å². The Morgan fingerprint density at radius 3 is 1.97 bits per heavy atom. The van der Waals surface area contributed by atoms with E-state index in [4.69, 9.17) is 9.47 Å². The summed E-state index contributed by atoms with van der Waals surface area (Å²) in [5.74, 6) is 0.463. The maximum absolute atomic E-state index is 12.8. The lowest BCUT2D eigenvalue weighted by Gasteiger charge is -2.20. The number of likely N-dealkylation sites (N-methyl/N-ethyl adjacent to an activating group) is 1. The number of ether oxygens (including phenoxy) is 2. The number of nitrogens with zero attached hydrogens (tertiary/aromatic N) is 1. The highest BCUT2D eigenvalue weighted by Gasteiger charge is 2.17. The number of amides is 2. The first-order valence-corrected chi connectivity index (χ1v) is 11.7. The van der Waals surface area contributed by atoms with Crippen LogP contribution < -0.4 is 20.1 Å². The quantitative estimate of drug-likeness (QED) is 0.403. The fourth-order valence-electron chi connectivity index (χ4n) is 3.59. The molecule has 0 aliphatic heterocycles. The Hall–Kier alpha value is -3.84. The second-order valence-corrected chi connectivity index (χ2v) is 8.24. The Morgan fingerprint density at radius 1 is 0.829 bits per heavy atom. The normalized spacial score (nSPS) is 10.7. The van der Waals surface area contributed by atoms with Gasteiger partial charge in [-0.05, 0) is 45.5 Å². The fourth-order valence-corrected chi connectivity index (χ4v) is 3.59. The van der Waals surface area contributed by atoms with Crippen molar-refractivity contribution >= 4 is 23.2 Å². The zero-order chi connectivity index (χ0) is 25.2. The van der Waals surface area contributed by atoms with Crippen LogP contribution in [-0.4, -0.2) is 43.5 Å². The van der Waals surface area contributed by atoms with E-state index in [0.717, 1.165) is 5.56 Å². The van der Waals surface area contributed by atoms with E-state index in [-0.39, 0.29) is 18.4 Å². The van der Waals surface area contributed by atoms with Gasteiger partial charge in [-0.2, -0.15) is 0 Å². The van der Waals surface area contributed by atoms with Crippen molar-refractivity contribution in [3.63, 3.8) is 0 Å². The summed E-state index contributed by atoms with van der Waals surface area (Å²) < 4.78 is 11.5. The van der Waals surface area contributed by atoms with Gasteiger partial charge in [0.2, 0.25) is 5.91 Å². The molecule has 184 valence electrons. The van der Waals surface area contributed by atoms with Crippen LogP contribution in [0.5, 0.6) is 11.5 Å². The number of aryl methyl sites for hydroxylation is 1. The molecule has 2 amide bonds. The third-order valence-corrected chi connectivity index (χ3v) is 5.23. The van der Waals surface area contributed by atoms with Crippen molar-refractivity contribution in [2.45, 2.75) is 27.3 Å². The Labute approximate surface area is 207 Å². The summed E-state index contributed by atoms with van der Waals surface area (Å²) in [5, 5.41) is 5.82. The van der Waals surface area contributed by atoms with Crippen molar-refractivity contribution in [3.05, 3.63) is 83.4 Å². The molecule has 0 atom stereocenters. The van der Waals surface area contributed by atoms with Crippen LogP contribution in [0.25, 0.3) is 0 Å². The maximum Gasteiger partial charge on any atom is 0.255 e. The topological polar surface area (TPSA) is 79.9 Å². The molecule has 0 fully saturated rings. The van der Waals surface area contributed by atoms with Gasteiger partial charge < -0.3 is 20.1 Å². The fraction of sp³-hybridized carbons (Fsp3) is 0.286. The molecule has 7 nitrogen and oxygen atoms in total. The van der Waals surface area contributed by atoms with E-state index in [1.165, 1.54) is 5.56 Å². The lowest BCUT2D eigenvalue weighted by molar-refractivity contribution is -0.117. The van der Waals surface area contributed by atoms with Gasteiger partial charge in [-0.3, -0.25) is 14.5 Å². The molecule has 0 aliphatic carbocycles. The zero-order valence-corrected chi connectivity index (χ0v) is 20.8. The summed E-state index contributed by atoms with van der Waals surface area (Å²) in [6.45, 7) is 7.42. The molecule has 0 saturated carbocycles. The molecule has 3 aromatic carbocycles. The summed E-state index contributed by atoms with van der Waals surface area (Å²) in [5.41, 5.74) is 3.83. The molecule has 0 aromatic heterocycles. The Balaban J connectivity index is 1.76. The first-order chi connectivity index (χ1) is 16.9. The Kier molecular flexibility index (Phi) is 9.26. The van der Waals surface area contributed by atoms with E-state index in [2.05, 4.69) is 34.9 Å². The molecule has 0 aliphatic rings. The number of anilines is 2. The third kappa shape index (κ3) is 7.58. The van der Waals surface area contributed by atoms with Crippen LogP contribution in [-0.2, 0) is 11.3 Å². The number of carbonyl (C=O) groups is 2. The van der Waals surface area contributed by atoms with Crippen molar-refractivity contribution < 1.29 is 19.1 Å². The summed E-state index contributed by atoms with van der Waals surface area (Å²) in [7, 11) is 1.90. The highest BCUT2D eigenvalue weighted by molar-refractivity contribution is 6.05. The van der Waals surface area contributed by atoms with Gasteiger partial charge in [0.1, 0.15) is 11.5 Å². The minimum absolute atomic E-state index is 0.177. The zero-order valence-electron chi connectivity index (χ0n) is 20.8. The van der Waals surface area contributed by atoms with Crippen LogP contribution in [0.15, 0.2) is 66.7 Å². The van der Waals surface area contributed by atoms with Gasteiger partial charge in [0.15, 0.2) is 0 Å². The molecular formula is C28H33N3O4. The molecule has 0 saturated heterocycles. The largest absolute Gasteiger partial charge is 0.492 e. The molecule has 3 aromatic rings. The van der Waals surface area contributed by atoms with E-state index in [1.54, 1.807) is 36.4 Å². The molecule has 7 heteroatoms. The number of hydrogen-bond donors (Lipinski definition) is 2. The van der Waals surface area contributed by atoms with Crippen LogP contribution in [0.1, 0.15) is 35.3 Å². The highest BCUT2D eigenvalue weighted by Crippen LogP contribution is 2.37. The Morgan fingerprint density at radius 2 is 1.40 bits per heavy atom. The third-order valence-electron chi connectivity index (χ3n) is 5.23. The first-order valence-electron chi connectivity index (χ1n) is 11.7. The van der Waals surface area contributed by atoms with Gasteiger partial charge in [0.25, 0.3) is 5.91 Å². The van der Waals surface area contributed by atoms with Crippen LogP contribution in [0, 0.1) is 6.92 Å². The van der Waals surface area contributed by atoms with Crippen molar-refractivity contribution in [1.82, 2.24) is 4.90 Å². The molecule has 3 rings (SSSR count). The number of nitrogens with one attached hydrogen (secondary N) is 2.